The minimum Gasteiger partial charge on any atom is -0.325 e. The number of carbonyl (C=O) groups excluding carboxylic acids is 1. The standard InChI is InChI=1S/C23H21N3O2S2/c1-13-7-9-16(10-8-13)17-11-29-22-19(17)21(28)25-23(26-22)30-12-18(27)24-20-14(2)5-4-6-15(20)3/h4-11H,12H2,1-3H3,(H,24,27)(H,25,26,28). The fourth-order valence-corrected chi connectivity index (χ4v) is 4.93. The van der Waals surface area contributed by atoms with Crippen LogP contribution in [0.5, 0.6) is 0 Å². The lowest BCUT2D eigenvalue weighted by Gasteiger charge is -2.11. The molecule has 0 atom stereocenters. The van der Waals surface area contributed by atoms with Crippen LogP contribution in [0.3, 0.4) is 0 Å². The van der Waals surface area contributed by atoms with Gasteiger partial charge in [-0.2, -0.15) is 0 Å². The molecular weight excluding hydrogens is 414 g/mol. The predicted octanol–water partition coefficient (Wildman–Crippen LogP) is 5.31. The van der Waals surface area contributed by atoms with Crippen molar-refractivity contribution < 1.29 is 4.79 Å². The third kappa shape index (κ3) is 4.17. The van der Waals surface area contributed by atoms with Crippen LogP contribution >= 0.6 is 23.1 Å². The second-order valence-electron chi connectivity index (χ2n) is 7.17. The molecule has 2 heterocycles. The maximum Gasteiger partial charge on any atom is 0.260 e. The number of H-pyrrole nitrogens is 1. The normalized spacial score (nSPS) is 11.0. The first-order valence-electron chi connectivity index (χ1n) is 9.50. The minimum atomic E-state index is -0.186. The molecule has 2 aromatic carbocycles. The lowest BCUT2D eigenvalue weighted by Crippen LogP contribution is -2.16. The molecule has 2 N–H and O–H groups in total. The molecule has 5 nitrogen and oxygen atoms in total. The molecule has 30 heavy (non-hydrogen) atoms. The number of para-hydroxylation sites is 1. The van der Waals surface area contributed by atoms with Crippen molar-refractivity contribution in [1.82, 2.24) is 9.97 Å². The van der Waals surface area contributed by atoms with E-state index in [9.17, 15) is 9.59 Å². The number of nitrogens with one attached hydrogen (secondary N) is 2. The number of anilines is 1. The quantitative estimate of drug-likeness (QED) is 0.329. The number of benzene rings is 2. The highest BCUT2D eigenvalue weighted by Crippen LogP contribution is 2.31. The zero-order valence-electron chi connectivity index (χ0n) is 16.9. The number of aromatic nitrogens is 2. The Kier molecular flexibility index (Phi) is 5.74. The molecule has 0 saturated heterocycles. The SMILES string of the molecule is Cc1ccc(-c2csc3nc(SCC(=O)Nc4c(C)cccc4C)[nH]c(=O)c23)cc1. The Morgan fingerprint density at radius 3 is 2.50 bits per heavy atom. The second-order valence-corrected chi connectivity index (χ2v) is 8.99. The summed E-state index contributed by atoms with van der Waals surface area (Å²) in [6, 6.07) is 14.0. The van der Waals surface area contributed by atoms with E-state index in [2.05, 4.69) is 15.3 Å². The van der Waals surface area contributed by atoms with Crippen LogP contribution in [0.4, 0.5) is 5.69 Å². The minimum absolute atomic E-state index is 0.133. The van der Waals surface area contributed by atoms with Crippen molar-refractivity contribution in [1.29, 1.82) is 0 Å². The van der Waals surface area contributed by atoms with Crippen molar-refractivity contribution in [3.63, 3.8) is 0 Å². The Balaban J connectivity index is 1.52. The van der Waals surface area contributed by atoms with E-state index >= 15 is 0 Å². The van der Waals surface area contributed by atoms with E-state index in [0.717, 1.165) is 27.9 Å². The van der Waals surface area contributed by atoms with Crippen molar-refractivity contribution in [2.75, 3.05) is 11.1 Å². The number of thiophene rings is 1. The van der Waals surface area contributed by atoms with Crippen LogP contribution in [0.2, 0.25) is 0 Å². The number of nitrogens with zero attached hydrogens (tertiary/aromatic N) is 1. The average molecular weight is 436 g/mol. The highest BCUT2D eigenvalue weighted by atomic mass is 32.2. The van der Waals surface area contributed by atoms with Gasteiger partial charge in [0.1, 0.15) is 4.83 Å². The largest absolute Gasteiger partial charge is 0.325 e. The van der Waals surface area contributed by atoms with Crippen LogP contribution in [-0.4, -0.2) is 21.6 Å². The van der Waals surface area contributed by atoms with Crippen LogP contribution in [0, 0.1) is 20.8 Å². The van der Waals surface area contributed by atoms with Gasteiger partial charge in [0.05, 0.1) is 11.1 Å². The summed E-state index contributed by atoms with van der Waals surface area (Å²) in [4.78, 5) is 33.2. The molecule has 0 bridgehead atoms. The van der Waals surface area contributed by atoms with Crippen LogP contribution in [0.25, 0.3) is 21.3 Å². The van der Waals surface area contributed by atoms with E-state index in [-0.39, 0.29) is 17.2 Å². The van der Waals surface area contributed by atoms with Gasteiger partial charge in [0.25, 0.3) is 5.56 Å². The van der Waals surface area contributed by atoms with Gasteiger partial charge < -0.3 is 10.3 Å². The zero-order valence-corrected chi connectivity index (χ0v) is 18.5. The molecule has 152 valence electrons. The monoisotopic (exact) mass is 435 g/mol. The summed E-state index contributed by atoms with van der Waals surface area (Å²) in [5, 5.41) is 5.95. The first-order valence-corrected chi connectivity index (χ1v) is 11.4. The number of hydrogen-bond donors (Lipinski definition) is 2. The molecule has 0 fully saturated rings. The molecule has 1 amide bonds. The van der Waals surface area contributed by atoms with Gasteiger partial charge in [-0.1, -0.05) is 59.8 Å². The van der Waals surface area contributed by atoms with E-state index in [1.807, 2.05) is 68.6 Å². The second kappa shape index (κ2) is 8.45. The van der Waals surface area contributed by atoms with Crippen molar-refractivity contribution in [3.05, 3.63) is 74.9 Å². The van der Waals surface area contributed by atoms with Gasteiger partial charge in [-0.15, -0.1) is 11.3 Å². The third-order valence-corrected chi connectivity index (χ3v) is 6.62. The molecule has 0 aliphatic rings. The molecule has 0 spiro atoms. The Hall–Kier alpha value is -2.90. The number of fused-ring (bicyclic) bond motifs is 1. The number of carbonyl (C=O) groups is 1. The fourth-order valence-electron chi connectivity index (χ4n) is 3.26. The lowest BCUT2D eigenvalue weighted by molar-refractivity contribution is -0.113. The van der Waals surface area contributed by atoms with Crippen molar-refractivity contribution in [3.8, 4) is 11.1 Å². The maximum atomic E-state index is 12.7. The molecular formula is C23H21N3O2S2. The van der Waals surface area contributed by atoms with E-state index in [4.69, 9.17) is 0 Å². The van der Waals surface area contributed by atoms with Crippen molar-refractivity contribution >= 4 is 44.9 Å². The Labute approximate surface area is 182 Å². The first kappa shape index (κ1) is 20.4. The molecule has 0 saturated carbocycles. The molecule has 0 aliphatic carbocycles. The molecule has 7 heteroatoms. The molecule has 0 unspecified atom stereocenters. The van der Waals surface area contributed by atoms with Gasteiger partial charge in [0.15, 0.2) is 5.16 Å². The number of aromatic amines is 1. The van der Waals surface area contributed by atoms with E-state index in [1.54, 1.807) is 0 Å². The smallest absolute Gasteiger partial charge is 0.260 e. The Bertz CT molecular complexity index is 1270. The summed E-state index contributed by atoms with van der Waals surface area (Å²) < 4.78 is 0. The van der Waals surface area contributed by atoms with Gasteiger partial charge in [-0.3, -0.25) is 9.59 Å². The molecule has 0 aliphatic heterocycles. The van der Waals surface area contributed by atoms with Crippen LogP contribution < -0.4 is 10.9 Å². The third-order valence-electron chi connectivity index (χ3n) is 4.87. The lowest BCUT2D eigenvalue weighted by atomic mass is 10.1. The van der Waals surface area contributed by atoms with Gasteiger partial charge in [-0.25, -0.2) is 4.98 Å². The number of amides is 1. The topological polar surface area (TPSA) is 74.8 Å². The highest BCUT2D eigenvalue weighted by molar-refractivity contribution is 7.99. The molecule has 4 aromatic rings. The summed E-state index contributed by atoms with van der Waals surface area (Å²) in [5.41, 5.74) is 5.73. The van der Waals surface area contributed by atoms with Crippen LogP contribution in [0.1, 0.15) is 16.7 Å². The number of hydrogen-bond acceptors (Lipinski definition) is 5. The predicted molar refractivity (Wildman–Crippen MR) is 126 cm³/mol. The number of thioether (sulfide) groups is 1. The summed E-state index contributed by atoms with van der Waals surface area (Å²) in [6.45, 7) is 5.96. The highest BCUT2D eigenvalue weighted by Gasteiger charge is 2.14. The number of rotatable bonds is 5. The fraction of sp³-hybridized carbons (Fsp3) is 0.174. The Morgan fingerprint density at radius 1 is 1.10 bits per heavy atom. The van der Waals surface area contributed by atoms with E-state index in [0.29, 0.717) is 15.4 Å². The first-order chi connectivity index (χ1) is 14.4. The van der Waals surface area contributed by atoms with E-state index in [1.165, 1.54) is 28.7 Å². The molecule has 2 aromatic heterocycles. The van der Waals surface area contributed by atoms with E-state index < -0.39 is 0 Å². The van der Waals surface area contributed by atoms with Gasteiger partial charge in [0, 0.05) is 16.6 Å². The summed E-state index contributed by atoms with van der Waals surface area (Å²) in [7, 11) is 0. The summed E-state index contributed by atoms with van der Waals surface area (Å²) >= 11 is 2.66. The maximum absolute atomic E-state index is 12.7. The van der Waals surface area contributed by atoms with Crippen molar-refractivity contribution in [2.24, 2.45) is 0 Å². The summed E-state index contributed by atoms with van der Waals surface area (Å²) in [6.07, 6.45) is 0. The van der Waals surface area contributed by atoms with Gasteiger partial charge in [-0.05, 0) is 37.5 Å². The number of aryl methyl sites for hydroxylation is 3. The van der Waals surface area contributed by atoms with Crippen LogP contribution in [0.15, 0.2) is 57.8 Å². The molecule has 4 rings (SSSR count). The van der Waals surface area contributed by atoms with Gasteiger partial charge in [0.2, 0.25) is 5.91 Å². The average Bonchev–Trinajstić information content (AvgIpc) is 3.14. The molecule has 0 radical (unpaired) electrons. The van der Waals surface area contributed by atoms with Gasteiger partial charge >= 0.3 is 0 Å². The Morgan fingerprint density at radius 2 is 1.80 bits per heavy atom. The summed E-state index contributed by atoms with van der Waals surface area (Å²) in [5.74, 6) is 0.0324. The zero-order chi connectivity index (χ0) is 21.3. The van der Waals surface area contributed by atoms with Crippen LogP contribution in [-0.2, 0) is 4.79 Å². The van der Waals surface area contributed by atoms with Crippen molar-refractivity contribution in [2.45, 2.75) is 25.9 Å².